The molecule has 10 heteroatoms. The molecule has 8 nitrogen and oxygen atoms in total. The van der Waals surface area contributed by atoms with Crippen LogP contribution in [0.4, 0.5) is 0 Å². The molecule has 1 saturated heterocycles. The maximum atomic E-state index is 12.1. The van der Waals surface area contributed by atoms with Crippen molar-refractivity contribution in [3.63, 3.8) is 0 Å². The second-order valence-corrected chi connectivity index (χ2v) is 9.58. The molecule has 3 aromatic rings. The monoisotopic (exact) mass is 433 g/mol. The third-order valence-corrected chi connectivity index (χ3v) is 6.46. The van der Waals surface area contributed by atoms with Crippen LogP contribution in [0.2, 0.25) is 5.02 Å². The summed E-state index contributed by atoms with van der Waals surface area (Å²) in [6.07, 6.45) is 6.12. The van der Waals surface area contributed by atoms with Gasteiger partial charge in [-0.1, -0.05) is 22.8 Å². The average Bonchev–Trinajstić information content (AvgIpc) is 3.20. The van der Waals surface area contributed by atoms with E-state index in [1.807, 2.05) is 0 Å². The molecular formula is C19H20ClN5O3S. The molecule has 0 spiro atoms. The van der Waals surface area contributed by atoms with Gasteiger partial charge in [0.1, 0.15) is 0 Å². The molecule has 3 heterocycles. The SMILES string of the molecule is CS(=O)(=O)c1cc(Cl)ccc1CN1CCC(c2nc(-c3ccnnc3)no2)CC1. The highest BCUT2D eigenvalue weighted by atomic mass is 35.5. The number of hydrogen-bond donors (Lipinski definition) is 0. The number of halogens is 1. The standard InChI is InChI=1S/C19H20ClN5O3S/c1-29(26,27)17-10-16(20)3-2-15(17)12-25-8-5-13(6-9-25)19-23-18(24-28-19)14-4-7-21-22-11-14/h2-4,7,10-11,13H,5-6,8-9,12H2,1H3. The van der Waals surface area contributed by atoms with Gasteiger partial charge < -0.3 is 4.52 Å². The van der Waals surface area contributed by atoms with Crippen LogP contribution in [-0.4, -0.2) is 53.0 Å². The highest BCUT2D eigenvalue weighted by molar-refractivity contribution is 7.90. The van der Waals surface area contributed by atoms with Crippen LogP contribution in [0.15, 0.2) is 46.1 Å². The largest absolute Gasteiger partial charge is 0.339 e. The van der Waals surface area contributed by atoms with Gasteiger partial charge in [0.15, 0.2) is 9.84 Å². The number of sulfone groups is 1. The van der Waals surface area contributed by atoms with Crippen molar-refractivity contribution in [2.75, 3.05) is 19.3 Å². The van der Waals surface area contributed by atoms with Crippen LogP contribution in [0.3, 0.4) is 0 Å². The van der Waals surface area contributed by atoms with E-state index in [4.69, 9.17) is 16.1 Å². The topological polar surface area (TPSA) is 102 Å². The van der Waals surface area contributed by atoms with E-state index in [-0.39, 0.29) is 5.92 Å². The fourth-order valence-corrected chi connectivity index (χ4v) is 4.71. The van der Waals surface area contributed by atoms with Crippen molar-refractivity contribution < 1.29 is 12.9 Å². The minimum Gasteiger partial charge on any atom is -0.339 e. The molecule has 0 radical (unpaired) electrons. The Labute approximate surface area is 173 Å². The Kier molecular flexibility index (Phi) is 5.62. The summed E-state index contributed by atoms with van der Waals surface area (Å²) in [5.41, 5.74) is 1.53. The quantitative estimate of drug-likeness (QED) is 0.605. The second-order valence-electron chi connectivity index (χ2n) is 7.16. The maximum Gasteiger partial charge on any atom is 0.230 e. The van der Waals surface area contributed by atoms with E-state index in [1.54, 1.807) is 30.6 Å². The van der Waals surface area contributed by atoms with Gasteiger partial charge in [-0.05, 0) is 49.7 Å². The third kappa shape index (κ3) is 4.63. The molecule has 1 aliphatic heterocycles. The minimum atomic E-state index is -3.34. The minimum absolute atomic E-state index is 0.182. The van der Waals surface area contributed by atoms with E-state index >= 15 is 0 Å². The summed E-state index contributed by atoms with van der Waals surface area (Å²) in [5.74, 6) is 1.32. The molecule has 0 N–H and O–H groups in total. The molecule has 4 rings (SSSR count). The zero-order valence-electron chi connectivity index (χ0n) is 15.8. The van der Waals surface area contributed by atoms with Gasteiger partial charge in [0.05, 0.1) is 17.3 Å². The smallest absolute Gasteiger partial charge is 0.230 e. The van der Waals surface area contributed by atoms with E-state index in [0.29, 0.717) is 28.2 Å². The lowest BCUT2D eigenvalue weighted by atomic mass is 9.96. The van der Waals surface area contributed by atoms with Gasteiger partial charge in [0.25, 0.3) is 0 Å². The summed E-state index contributed by atoms with van der Waals surface area (Å²) in [7, 11) is -3.34. The van der Waals surface area contributed by atoms with Crippen LogP contribution >= 0.6 is 11.6 Å². The third-order valence-electron chi connectivity index (χ3n) is 5.04. The van der Waals surface area contributed by atoms with Crippen LogP contribution in [0, 0.1) is 0 Å². The van der Waals surface area contributed by atoms with E-state index in [2.05, 4.69) is 25.2 Å². The molecule has 0 bridgehead atoms. The predicted molar refractivity (Wildman–Crippen MR) is 107 cm³/mol. The lowest BCUT2D eigenvalue weighted by Gasteiger charge is -2.30. The summed E-state index contributed by atoms with van der Waals surface area (Å²) < 4.78 is 29.6. The Bertz CT molecular complexity index is 1100. The van der Waals surface area contributed by atoms with Crippen LogP contribution in [0.1, 0.15) is 30.2 Å². The summed E-state index contributed by atoms with van der Waals surface area (Å²) >= 11 is 5.99. The number of nitrogens with zero attached hydrogens (tertiary/aromatic N) is 5. The van der Waals surface area contributed by atoms with Crippen LogP contribution < -0.4 is 0 Å². The first kappa shape index (κ1) is 19.9. The number of hydrogen-bond acceptors (Lipinski definition) is 8. The molecule has 0 atom stereocenters. The van der Waals surface area contributed by atoms with Crippen molar-refractivity contribution in [2.45, 2.75) is 30.2 Å². The first-order valence-electron chi connectivity index (χ1n) is 9.21. The summed E-state index contributed by atoms with van der Waals surface area (Å²) in [6, 6.07) is 6.83. The highest BCUT2D eigenvalue weighted by Crippen LogP contribution is 2.30. The zero-order chi connectivity index (χ0) is 20.4. The van der Waals surface area contributed by atoms with Gasteiger partial charge in [-0.3, -0.25) is 4.90 Å². The van der Waals surface area contributed by atoms with Gasteiger partial charge in [-0.25, -0.2) is 8.42 Å². The number of aromatic nitrogens is 4. The van der Waals surface area contributed by atoms with E-state index in [1.165, 1.54) is 12.3 Å². The zero-order valence-corrected chi connectivity index (χ0v) is 17.4. The molecule has 0 amide bonds. The first-order valence-corrected chi connectivity index (χ1v) is 11.5. The maximum absolute atomic E-state index is 12.1. The van der Waals surface area contributed by atoms with Gasteiger partial charge in [0.2, 0.25) is 11.7 Å². The molecule has 152 valence electrons. The van der Waals surface area contributed by atoms with Gasteiger partial charge in [-0.2, -0.15) is 15.2 Å². The normalized spacial score (nSPS) is 16.2. The van der Waals surface area contributed by atoms with E-state index in [0.717, 1.165) is 37.1 Å². The number of benzene rings is 1. The van der Waals surface area contributed by atoms with Crippen molar-refractivity contribution in [3.05, 3.63) is 53.1 Å². The van der Waals surface area contributed by atoms with Crippen molar-refractivity contribution in [2.24, 2.45) is 0 Å². The summed E-state index contributed by atoms with van der Waals surface area (Å²) in [4.78, 5) is 7.04. The highest BCUT2D eigenvalue weighted by Gasteiger charge is 2.26. The molecule has 1 aliphatic rings. The molecule has 1 aromatic carbocycles. The van der Waals surface area contributed by atoms with E-state index < -0.39 is 9.84 Å². The molecule has 1 fully saturated rings. The van der Waals surface area contributed by atoms with Gasteiger partial charge in [0, 0.05) is 29.3 Å². The lowest BCUT2D eigenvalue weighted by Crippen LogP contribution is -2.33. The molecule has 29 heavy (non-hydrogen) atoms. The second kappa shape index (κ2) is 8.17. The van der Waals surface area contributed by atoms with E-state index in [9.17, 15) is 8.42 Å². The average molecular weight is 434 g/mol. The van der Waals surface area contributed by atoms with Crippen molar-refractivity contribution in [1.82, 2.24) is 25.2 Å². The van der Waals surface area contributed by atoms with Crippen LogP contribution in [-0.2, 0) is 16.4 Å². The van der Waals surface area contributed by atoms with Crippen LogP contribution in [0.5, 0.6) is 0 Å². The summed E-state index contributed by atoms with van der Waals surface area (Å²) in [5, 5.41) is 12.1. The first-order chi connectivity index (χ1) is 13.9. The number of likely N-dealkylation sites (tertiary alicyclic amines) is 1. The predicted octanol–water partition coefficient (Wildman–Crippen LogP) is 2.96. The van der Waals surface area contributed by atoms with Crippen molar-refractivity contribution >= 4 is 21.4 Å². The molecule has 0 aliphatic carbocycles. The Morgan fingerprint density at radius 3 is 2.69 bits per heavy atom. The molecule has 0 saturated carbocycles. The number of piperidine rings is 1. The fraction of sp³-hybridized carbons (Fsp3) is 0.368. The fourth-order valence-electron chi connectivity index (χ4n) is 3.52. The van der Waals surface area contributed by atoms with Gasteiger partial charge in [-0.15, -0.1) is 0 Å². The van der Waals surface area contributed by atoms with Crippen molar-refractivity contribution in [1.29, 1.82) is 0 Å². The Morgan fingerprint density at radius 1 is 1.21 bits per heavy atom. The lowest BCUT2D eigenvalue weighted by molar-refractivity contribution is 0.186. The molecular weight excluding hydrogens is 414 g/mol. The van der Waals surface area contributed by atoms with Crippen LogP contribution in [0.25, 0.3) is 11.4 Å². The molecule has 2 aromatic heterocycles. The Balaban J connectivity index is 1.42. The van der Waals surface area contributed by atoms with Gasteiger partial charge >= 0.3 is 0 Å². The Hall–Kier alpha value is -2.36. The number of rotatable bonds is 5. The Morgan fingerprint density at radius 2 is 2.00 bits per heavy atom. The summed E-state index contributed by atoms with van der Waals surface area (Å²) in [6.45, 7) is 2.18. The van der Waals surface area contributed by atoms with Crippen molar-refractivity contribution in [3.8, 4) is 11.4 Å². The molecule has 0 unspecified atom stereocenters.